The maximum absolute atomic E-state index is 11.4. The maximum atomic E-state index is 11.4. The van der Waals surface area contributed by atoms with Gasteiger partial charge in [-0.2, -0.15) is 0 Å². The quantitative estimate of drug-likeness (QED) is 0.733. The van der Waals surface area contributed by atoms with Gasteiger partial charge in [-0.3, -0.25) is 4.79 Å². The van der Waals surface area contributed by atoms with E-state index in [4.69, 9.17) is 21.1 Å². The number of ether oxygens (including phenoxy) is 2. The number of carbonyl (C=O) groups is 1. The van der Waals surface area contributed by atoms with E-state index in [9.17, 15) is 9.90 Å². The van der Waals surface area contributed by atoms with Crippen molar-refractivity contribution in [3.63, 3.8) is 0 Å². The van der Waals surface area contributed by atoms with E-state index in [0.717, 1.165) is 25.9 Å². The topological polar surface area (TPSA) is 71.0 Å². The van der Waals surface area contributed by atoms with Gasteiger partial charge in [0.25, 0.3) is 0 Å². The Balaban J connectivity index is 1.30. The van der Waals surface area contributed by atoms with Crippen LogP contribution in [0.4, 0.5) is 5.69 Å². The Morgan fingerprint density at radius 2 is 2.07 bits per heavy atom. The monoisotopic (exact) mass is 430 g/mol. The number of amides is 1. The van der Waals surface area contributed by atoms with Crippen molar-refractivity contribution >= 4 is 23.2 Å². The van der Waals surface area contributed by atoms with Gasteiger partial charge in [-0.15, -0.1) is 0 Å². The van der Waals surface area contributed by atoms with E-state index in [0.29, 0.717) is 29.6 Å². The average Bonchev–Trinajstić information content (AvgIpc) is 3.08. The fraction of sp³-hybridized carbons (Fsp3) is 0.435. The second kappa shape index (κ2) is 8.94. The number of piperidine rings is 1. The van der Waals surface area contributed by atoms with Crippen LogP contribution in [0.3, 0.4) is 0 Å². The highest BCUT2D eigenvalue weighted by atomic mass is 35.5. The van der Waals surface area contributed by atoms with Crippen molar-refractivity contribution in [2.75, 3.05) is 31.6 Å². The number of benzene rings is 2. The van der Waals surface area contributed by atoms with Gasteiger partial charge in [-0.25, -0.2) is 0 Å². The summed E-state index contributed by atoms with van der Waals surface area (Å²) in [6.45, 7) is 4.48. The molecule has 0 saturated carbocycles. The molecule has 2 aromatic carbocycles. The lowest BCUT2D eigenvalue weighted by molar-refractivity contribution is -0.114. The summed E-state index contributed by atoms with van der Waals surface area (Å²) >= 11 is 6.04. The number of rotatable bonds is 6. The highest BCUT2D eigenvalue weighted by molar-refractivity contribution is 6.30. The summed E-state index contributed by atoms with van der Waals surface area (Å²) in [6, 6.07) is 13.5. The number of nitrogens with one attached hydrogen (secondary N) is 1. The van der Waals surface area contributed by atoms with Crippen LogP contribution >= 0.6 is 11.6 Å². The van der Waals surface area contributed by atoms with Gasteiger partial charge in [0.15, 0.2) is 0 Å². The average molecular weight is 431 g/mol. The third kappa shape index (κ3) is 4.62. The van der Waals surface area contributed by atoms with Crippen molar-refractivity contribution in [1.29, 1.82) is 0 Å². The number of hydrogen-bond donors (Lipinski definition) is 2. The Labute approximate surface area is 181 Å². The first-order valence-corrected chi connectivity index (χ1v) is 10.7. The zero-order valence-corrected chi connectivity index (χ0v) is 17.8. The summed E-state index contributed by atoms with van der Waals surface area (Å²) in [5.41, 5.74) is 2.97. The van der Waals surface area contributed by atoms with Crippen LogP contribution in [0.15, 0.2) is 42.5 Å². The third-order valence-corrected chi connectivity index (χ3v) is 6.07. The maximum Gasteiger partial charge on any atom is 0.221 e. The van der Waals surface area contributed by atoms with Gasteiger partial charge < -0.3 is 24.8 Å². The predicted octanol–water partition coefficient (Wildman–Crippen LogP) is 3.56. The Hall–Kier alpha value is -2.12. The van der Waals surface area contributed by atoms with Gasteiger partial charge in [0, 0.05) is 37.6 Å². The largest absolute Gasteiger partial charge is 0.489 e. The molecule has 0 aliphatic carbocycles. The summed E-state index contributed by atoms with van der Waals surface area (Å²) in [7, 11) is 0. The number of hydrogen-bond acceptors (Lipinski definition) is 5. The van der Waals surface area contributed by atoms with Gasteiger partial charge in [-0.1, -0.05) is 35.9 Å². The zero-order valence-electron chi connectivity index (χ0n) is 17.1. The number of anilines is 1. The van der Waals surface area contributed by atoms with Crippen LogP contribution in [0.2, 0.25) is 5.02 Å². The molecule has 1 fully saturated rings. The van der Waals surface area contributed by atoms with Crippen molar-refractivity contribution in [3.05, 3.63) is 58.6 Å². The standard InChI is InChI=1S/C23H27ClN2O4/c1-16(27)25-21-7-6-18(24)12-22(21)29-15-19(28)13-26-10-8-23(9-11-26)20-5-3-2-4-17(20)14-30-23/h2-7,12,19,28H,8-11,13-15H2,1H3,(H,25,27)/t19-/m0/s1. The molecule has 1 saturated heterocycles. The van der Waals surface area contributed by atoms with E-state index >= 15 is 0 Å². The number of nitrogens with zero attached hydrogens (tertiary/aromatic N) is 1. The van der Waals surface area contributed by atoms with E-state index in [1.165, 1.54) is 18.1 Å². The van der Waals surface area contributed by atoms with Gasteiger partial charge in [0.05, 0.1) is 17.9 Å². The molecular weight excluding hydrogens is 404 g/mol. The van der Waals surface area contributed by atoms with Crippen LogP contribution in [-0.4, -0.2) is 48.3 Å². The minimum Gasteiger partial charge on any atom is -0.489 e. The van der Waals surface area contributed by atoms with Crippen molar-refractivity contribution in [2.45, 2.75) is 38.1 Å². The van der Waals surface area contributed by atoms with E-state index < -0.39 is 6.10 Å². The van der Waals surface area contributed by atoms with E-state index in [-0.39, 0.29) is 18.1 Å². The number of carbonyl (C=O) groups excluding carboxylic acids is 1. The Kier molecular flexibility index (Phi) is 6.29. The number of halogens is 1. The fourth-order valence-corrected chi connectivity index (χ4v) is 4.50. The predicted molar refractivity (Wildman–Crippen MR) is 116 cm³/mol. The lowest BCUT2D eigenvalue weighted by Crippen LogP contribution is -2.46. The smallest absolute Gasteiger partial charge is 0.221 e. The first kappa shape index (κ1) is 21.1. The number of aliphatic hydroxyl groups is 1. The van der Waals surface area contributed by atoms with Crippen LogP contribution in [-0.2, 0) is 21.7 Å². The summed E-state index contributed by atoms with van der Waals surface area (Å²) in [5.74, 6) is 0.256. The number of likely N-dealkylation sites (tertiary alicyclic amines) is 1. The lowest BCUT2D eigenvalue weighted by atomic mass is 9.84. The van der Waals surface area contributed by atoms with E-state index in [1.807, 2.05) is 0 Å². The Bertz CT molecular complexity index is 912. The molecule has 1 amide bonds. The van der Waals surface area contributed by atoms with Gasteiger partial charge >= 0.3 is 0 Å². The molecule has 2 aliphatic rings. The molecule has 0 radical (unpaired) electrons. The third-order valence-electron chi connectivity index (χ3n) is 5.83. The fourth-order valence-electron chi connectivity index (χ4n) is 4.34. The molecule has 4 rings (SSSR count). The molecule has 2 N–H and O–H groups in total. The first-order chi connectivity index (χ1) is 14.4. The molecule has 2 heterocycles. The minimum atomic E-state index is -0.653. The molecule has 1 spiro atoms. The van der Waals surface area contributed by atoms with Crippen molar-refractivity contribution < 1.29 is 19.4 Å². The molecule has 160 valence electrons. The molecule has 1 atom stereocenters. The highest BCUT2D eigenvalue weighted by Crippen LogP contribution is 2.43. The zero-order chi connectivity index (χ0) is 21.1. The number of β-amino-alcohol motifs (C(OH)–C–C–N with tert-alkyl or cyclic N) is 1. The molecule has 0 bridgehead atoms. The van der Waals surface area contributed by atoms with Gasteiger partial charge in [0.2, 0.25) is 5.91 Å². The minimum absolute atomic E-state index is 0.119. The number of fused-ring (bicyclic) bond motifs is 2. The summed E-state index contributed by atoms with van der Waals surface area (Å²) in [6.07, 6.45) is 1.18. The molecule has 0 unspecified atom stereocenters. The highest BCUT2D eigenvalue weighted by Gasteiger charge is 2.42. The summed E-state index contributed by atoms with van der Waals surface area (Å²) < 4.78 is 12.0. The molecule has 6 nitrogen and oxygen atoms in total. The summed E-state index contributed by atoms with van der Waals surface area (Å²) in [5, 5.41) is 13.7. The van der Waals surface area contributed by atoms with Gasteiger partial charge in [-0.05, 0) is 36.1 Å². The molecule has 2 aromatic rings. The second-order valence-corrected chi connectivity index (χ2v) is 8.46. The summed E-state index contributed by atoms with van der Waals surface area (Å²) in [4.78, 5) is 13.6. The van der Waals surface area contributed by atoms with Crippen LogP contribution in [0.5, 0.6) is 5.75 Å². The Morgan fingerprint density at radius 3 is 2.83 bits per heavy atom. The molecule has 30 heavy (non-hydrogen) atoms. The lowest BCUT2D eigenvalue weighted by Gasteiger charge is -2.39. The van der Waals surface area contributed by atoms with Crippen molar-refractivity contribution in [3.8, 4) is 5.75 Å². The molecule has 7 heteroatoms. The molecule has 0 aromatic heterocycles. The van der Waals surface area contributed by atoms with E-state index in [1.54, 1.807) is 18.2 Å². The SMILES string of the molecule is CC(=O)Nc1ccc(Cl)cc1OC[C@@H](O)CN1CCC2(CC1)OCc1ccccc12. The normalized spacial score (nSPS) is 18.8. The molecular formula is C23H27ClN2O4. The van der Waals surface area contributed by atoms with Crippen LogP contribution in [0.1, 0.15) is 30.9 Å². The number of aliphatic hydroxyl groups excluding tert-OH is 1. The van der Waals surface area contributed by atoms with Gasteiger partial charge in [0.1, 0.15) is 18.5 Å². The van der Waals surface area contributed by atoms with Crippen LogP contribution in [0, 0.1) is 0 Å². The Morgan fingerprint density at radius 1 is 1.30 bits per heavy atom. The second-order valence-electron chi connectivity index (χ2n) is 8.03. The first-order valence-electron chi connectivity index (χ1n) is 10.3. The van der Waals surface area contributed by atoms with Crippen LogP contribution < -0.4 is 10.1 Å². The van der Waals surface area contributed by atoms with Crippen molar-refractivity contribution in [1.82, 2.24) is 4.90 Å². The molecule has 2 aliphatic heterocycles. The van der Waals surface area contributed by atoms with Crippen LogP contribution in [0.25, 0.3) is 0 Å². The van der Waals surface area contributed by atoms with E-state index in [2.05, 4.69) is 34.5 Å². The van der Waals surface area contributed by atoms with Crippen molar-refractivity contribution in [2.24, 2.45) is 0 Å².